The number of fused-ring (bicyclic) bond motifs is 6. The fourth-order valence-corrected chi connectivity index (χ4v) is 10.1. The number of hydrazine groups is 1. The molecule has 0 spiro atoms. The second-order valence-corrected chi connectivity index (χ2v) is 19.5. The maximum absolute atomic E-state index is 15.0. The molecule has 404 valence electrons. The summed E-state index contributed by atoms with van der Waals surface area (Å²) in [6.45, 7) is 16.6. The molecule has 2 saturated heterocycles. The molecule has 2 aromatic heterocycles. The molecule has 2 fully saturated rings. The van der Waals surface area contributed by atoms with Gasteiger partial charge in [-0.15, -0.1) is 0 Å². The van der Waals surface area contributed by atoms with E-state index in [9.17, 15) is 32.8 Å². The van der Waals surface area contributed by atoms with Crippen LogP contribution in [0.4, 0.5) is 8.78 Å². The van der Waals surface area contributed by atoms with E-state index in [0.29, 0.717) is 55.5 Å². The summed E-state index contributed by atoms with van der Waals surface area (Å²) in [5, 5.41) is 5.12. The number of halogens is 2. The van der Waals surface area contributed by atoms with Crippen LogP contribution in [-0.4, -0.2) is 112 Å². The number of aryl methyl sites for hydroxylation is 1. The Balaban J connectivity index is 0.00000365. The van der Waals surface area contributed by atoms with Crippen LogP contribution in [0, 0.1) is 17.3 Å². The number of likely N-dealkylation sites (N-methyl/N-ethyl adjacent to an activating group) is 1. The third-order valence-corrected chi connectivity index (χ3v) is 13.7. The Morgan fingerprint density at radius 2 is 1.73 bits per heavy atom. The Hall–Kier alpha value is -4.25. The van der Waals surface area contributed by atoms with Gasteiger partial charge in [-0.3, -0.25) is 34.0 Å². The van der Waals surface area contributed by atoms with Gasteiger partial charge in [-0.05, 0) is 104 Å². The first kappa shape index (κ1) is 64.9. The second-order valence-electron chi connectivity index (χ2n) is 19.5. The molecule has 3 aliphatic rings. The van der Waals surface area contributed by atoms with Gasteiger partial charge in [0.15, 0.2) is 0 Å². The van der Waals surface area contributed by atoms with Gasteiger partial charge >= 0.3 is 5.97 Å². The Kier molecular flexibility index (Phi) is 24.4. The molecule has 5 atom stereocenters. The summed E-state index contributed by atoms with van der Waals surface area (Å²) in [5.74, 6) is -3.28. The molecule has 0 aliphatic carbocycles. The van der Waals surface area contributed by atoms with Crippen molar-refractivity contribution in [2.75, 3.05) is 40.4 Å². The first-order valence-corrected chi connectivity index (χ1v) is 23.6. The maximum atomic E-state index is 15.0. The van der Waals surface area contributed by atoms with E-state index in [1.807, 2.05) is 51.1 Å². The lowest BCUT2D eigenvalue weighted by molar-refractivity contribution is -0.155. The van der Waals surface area contributed by atoms with E-state index in [0.717, 1.165) is 33.4 Å². The number of likely N-dealkylation sites (tertiary alicyclic amines) is 1. The smallest absolute Gasteiger partial charge is 0.324 e. The van der Waals surface area contributed by atoms with E-state index in [4.69, 9.17) is 14.5 Å². The molecule has 4 aromatic rings. The van der Waals surface area contributed by atoms with Crippen molar-refractivity contribution in [3.8, 4) is 22.4 Å². The molecular weight excluding hydrogens is 1030 g/mol. The summed E-state index contributed by atoms with van der Waals surface area (Å²) in [6.07, 6.45) is 1.29. The lowest BCUT2D eigenvalue weighted by Crippen LogP contribution is -2.62. The van der Waals surface area contributed by atoms with Crippen LogP contribution in [0.15, 0.2) is 67.4 Å². The Bertz CT molecular complexity index is 2600. The zero-order valence-electron chi connectivity index (χ0n) is 42.9. The minimum atomic E-state index is -2.86. The third kappa shape index (κ3) is 14.2. The highest BCUT2D eigenvalue weighted by molar-refractivity contribution is 7.60. The van der Waals surface area contributed by atoms with Crippen molar-refractivity contribution in [3.63, 3.8) is 0 Å². The number of rotatable bonds is 11. The van der Waals surface area contributed by atoms with Crippen LogP contribution >= 0.6 is 67.5 Å². The molecule has 2 N–H and O–H groups in total. The summed E-state index contributed by atoms with van der Waals surface area (Å²) in [6, 6.07) is 11.2. The number of esters is 1. The molecular formula is C52H75F2N7O7S5. The Morgan fingerprint density at radius 1 is 1.01 bits per heavy atom. The highest BCUT2D eigenvalue weighted by Gasteiger charge is 2.40. The number of alkyl halides is 2. The second kappa shape index (κ2) is 27.5. The van der Waals surface area contributed by atoms with E-state index < -0.39 is 59.6 Å². The van der Waals surface area contributed by atoms with Crippen LogP contribution < -0.4 is 10.7 Å². The number of aromatic nitrogens is 2. The molecule has 21 heteroatoms. The fraction of sp³-hybridized carbons (Fsp3) is 0.500. The van der Waals surface area contributed by atoms with Crippen LogP contribution in [0.1, 0.15) is 95.7 Å². The lowest BCUT2D eigenvalue weighted by Gasteiger charge is -2.37. The molecule has 73 heavy (non-hydrogen) atoms. The average molecular weight is 1110 g/mol. The number of nitrogens with one attached hydrogen (secondary N) is 2. The maximum Gasteiger partial charge on any atom is 0.324 e. The fourth-order valence-electron chi connectivity index (χ4n) is 10.1. The zero-order valence-corrected chi connectivity index (χ0v) is 47.9. The highest BCUT2D eigenvalue weighted by Crippen LogP contribution is 2.42. The van der Waals surface area contributed by atoms with Crippen molar-refractivity contribution in [3.05, 3.63) is 89.8 Å². The Labute approximate surface area is 463 Å². The third-order valence-electron chi connectivity index (χ3n) is 13.7. The van der Waals surface area contributed by atoms with Crippen LogP contribution in [0.2, 0.25) is 0 Å². The molecule has 14 nitrogen and oxygen atoms in total. The molecule has 0 unspecified atom stereocenters. The topological polar surface area (TPSA) is 155 Å². The lowest BCUT2D eigenvalue weighted by atomic mass is 9.84. The number of pyridine rings is 1. The molecule has 7 rings (SSSR count). The molecule has 3 aliphatic heterocycles. The number of cyclic esters (lactones) is 1. The van der Waals surface area contributed by atoms with Gasteiger partial charge in [0, 0.05) is 80.4 Å². The van der Waals surface area contributed by atoms with Gasteiger partial charge in [0.05, 0.1) is 30.0 Å². The van der Waals surface area contributed by atoms with Gasteiger partial charge in [-0.25, -0.2) is 14.2 Å². The van der Waals surface area contributed by atoms with Gasteiger partial charge in [0.25, 0.3) is 12.3 Å². The molecule has 2 aromatic carbocycles. The van der Waals surface area contributed by atoms with Crippen molar-refractivity contribution in [1.82, 2.24) is 35.1 Å². The van der Waals surface area contributed by atoms with Crippen LogP contribution in [0.3, 0.4) is 0 Å². The Morgan fingerprint density at radius 3 is 2.37 bits per heavy atom. The van der Waals surface area contributed by atoms with Gasteiger partial charge in [0.1, 0.15) is 18.1 Å². The number of nitrogens with zero attached hydrogens (tertiary/aromatic N) is 5. The number of carbonyl (C=O) groups excluding carboxylic acids is 5. The molecule has 5 heterocycles. The monoisotopic (exact) mass is 1110 g/mol. The van der Waals surface area contributed by atoms with Gasteiger partial charge in [-0.1, -0.05) is 52.5 Å². The minimum Gasteiger partial charge on any atom is -0.464 e. The minimum absolute atomic E-state index is 0. The number of carbonyl (C=O) groups is 5. The number of amides is 4. The quantitative estimate of drug-likeness (QED) is 0.113. The van der Waals surface area contributed by atoms with Crippen molar-refractivity contribution in [2.45, 2.75) is 111 Å². The van der Waals surface area contributed by atoms with E-state index in [1.54, 1.807) is 38.1 Å². The van der Waals surface area contributed by atoms with Crippen LogP contribution in [0.5, 0.6) is 0 Å². The summed E-state index contributed by atoms with van der Waals surface area (Å²) >= 11 is 0. The van der Waals surface area contributed by atoms with Crippen molar-refractivity contribution in [1.29, 1.82) is 0 Å². The van der Waals surface area contributed by atoms with Gasteiger partial charge < -0.3 is 29.2 Å². The predicted octanol–water partition coefficient (Wildman–Crippen LogP) is 7.77. The standard InChI is InChI=1S/C52H65F2N7O7.5H2S/c1-10-43(62)59-21-18-34(28-59)49(64)58(8)45(30(3)4)48(63)56-41-24-32-22-35(25-36(23-32)47(53)54)33-16-17-42-38(26-33)39(46(60(42)11-2)37-14-12-19-55-44(37)31(5)67-9)27-52(6,7)29-68-51(66)40-15-13-20-61(57-40)50(41)65;;;;;/h10,12,14,16-17,19,22-23,25-26,30-31,34,40-41,45,47,57H,1,11,13,15,18,20-21,24,27-29H2,2-9H3,(H,56,63);5*1H2/t31-,34-,40-,41-,45-;;;;;/m0...../s1. The van der Waals surface area contributed by atoms with Crippen LogP contribution in [0.25, 0.3) is 33.3 Å². The van der Waals surface area contributed by atoms with E-state index in [-0.39, 0.29) is 117 Å². The normalized spacial score (nSPS) is 19.4. The summed E-state index contributed by atoms with van der Waals surface area (Å²) in [7, 11) is 3.18. The highest BCUT2D eigenvalue weighted by atomic mass is 32.1. The van der Waals surface area contributed by atoms with Crippen molar-refractivity contribution < 1.29 is 42.2 Å². The van der Waals surface area contributed by atoms with Crippen LogP contribution in [-0.2, 0) is 52.8 Å². The van der Waals surface area contributed by atoms with E-state index in [1.165, 1.54) is 35.2 Å². The SMILES string of the molecule is C=CC(=O)N1CC[C@H](C(=O)N(C)[C@H](C(=O)N[C@H]2Cc3cc(cc(C(F)F)c3)-c3ccc4c(c3)c(c(-c3cccnc3[C@H](C)OC)n4CC)CC(C)(C)COC(=O)[C@@H]3CCCN(N3)C2=O)C(C)C)C1.S.S.S.S.S. The molecule has 0 saturated carbocycles. The molecule has 4 amide bonds. The van der Waals surface area contributed by atoms with Crippen molar-refractivity contribution in [2.24, 2.45) is 17.3 Å². The number of hydrogen-bond acceptors (Lipinski definition) is 9. The summed E-state index contributed by atoms with van der Waals surface area (Å²) < 4.78 is 44.1. The summed E-state index contributed by atoms with van der Waals surface area (Å²) in [5.41, 5.74) is 8.21. The van der Waals surface area contributed by atoms with E-state index in [2.05, 4.69) is 28.8 Å². The van der Waals surface area contributed by atoms with Gasteiger partial charge in [-0.2, -0.15) is 67.5 Å². The van der Waals surface area contributed by atoms with Crippen molar-refractivity contribution >= 4 is 108 Å². The largest absolute Gasteiger partial charge is 0.464 e. The number of benzene rings is 2. The molecule has 0 radical (unpaired) electrons. The first-order chi connectivity index (χ1) is 32.4. The van der Waals surface area contributed by atoms with Gasteiger partial charge in [0.2, 0.25) is 17.7 Å². The number of ether oxygens (including phenoxy) is 2. The van der Waals surface area contributed by atoms with E-state index >= 15 is 0 Å². The summed E-state index contributed by atoms with van der Waals surface area (Å²) in [4.78, 5) is 77.2. The zero-order chi connectivity index (χ0) is 49.2. The molecule has 6 bridgehead atoms. The number of hydrogen-bond donors (Lipinski definition) is 2. The average Bonchev–Trinajstić information content (AvgIpc) is 3.94. The number of methoxy groups -OCH3 is 1. The predicted molar refractivity (Wildman–Crippen MR) is 307 cm³/mol. The first-order valence-electron chi connectivity index (χ1n) is 23.6.